The molecule has 28 heavy (non-hydrogen) atoms. The molecule has 0 saturated carbocycles. The van der Waals surface area contributed by atoms with Crippen molar-refractivity contribution in [2.45, 2.75) is 18.7 Å². The molecule has 142 valence electrons. The van der Waals surface area contributed by atoms with Crippen molar-refractivity contribution in [3.63, 3.8) is 0 Å². The molecule has 3 rings (SSSR count). The Balaban J connectivity index is 1.84. The Morgan fingerprint density at radius 3 is 2.04 bits per heavy atom. The van der Waals surface area contributed by atoms with E-state index >= 15 is 0 Å². The number of carbonyl (C=O) groups is 1. The average molecular weight is 391 g/mol. The van der Waals surface area contributed by atoms with E-state index in [9.17, 15) is 13.2 Å². The molecule has 0 bridgehead atoms. The summed E-state index contributed by atoms with van der Waals surface area (Å²) in [6.07, 6.45) is 3.07. The highest BCUT2D eigenvalue weighted by atomic mass is 32.2. The van der Waals surface area contributed by atoms with Crippen LogP contribution in [0.4, 0.5) is 5.69 Å². The van der Waals surface area contributed by atoms with Gasteiger partial charge in [-0.15, -0.1) is 0 Å². The standard InChI is InChI=1S/C23H21NO3S/c1-17-7-11-20(12-8-17)23(25)16-13-19-5-3-4-6-22(19)24-28(26,27)21-14-9-18(2)10-15-21/h3-16,24H,1-2H3/b16-13+. The molecule has 1 N–H and O–H groups in total. The lowest BCUT2D eigenvalue weighted by Gasteiger charge is -2.11. The van der Waals surface area contributed by atoms with Crippen molar-refractivity contribution in [3.05, 3.63) is 101 Å². The second-order valence-electron chi connectivity index (χ2n) is 6.57. The molecule has 0 spiro atoms. The Labute approximate surface area is 165 Å². The van der Waals surface area contributed by atoms with Crippen molar-refractivity contribution in [1.82, 2.24) is 0 Å². The fourth-order valence-corrected chi connectivity index (χ4v) is 3.72. The number of aryl methyl sites for hydroxylation is 2. The van der Waals surface area contributed by atoms with Crippen molar-refractivity contribution in [3.8, 4) is 0 Å². The Morgan fingerprint density at radius 1 is 0.821 bits per heavy atom. The summed E-state index contributed by atoms with van der Waals surface area (Å²) < 4.78 is 27.9. The van der Waals surface area contributed by atoms with Gasteiger partial charge in [0.15, 0.2) is 5.78 Å². The molecular formula is C23H21NO3S. The highest BCUT2D eigenvalue weighted by Crippen LogP contribution is 2.22. The van der Waals surface area contributed by atoms with Crippen LogP contribution >= 0.6 is 0 Å². The molecule has 0 saturated heterocycles. The Hall–Kier alpha value is -3.18. The predicted molar refractivity (Wildman–Crippen MR) is 113 cm³/mol. The number of benzene rings is 3. The first kappa shape index (κ1) is 19.6. The third kappa shape index (κ3) is 4.75. The third-order valence-electron chi connectivity index (χ3n) is 4.29. The quantitative estimate of drug-likeness (QED) is 0.475. The number of sulfonamides is 1. The molecule has 0 aliphatic carbocycles. The van der Waals surface area contributed by atoms with Crippen molar-refractivity contribution in [1.29, 1.82) is 0 Å². The van der Waals surface area contributed by atoms with Crippen LogP contribution in [0, 0.1) is 13.8 Å². The Morgan fingerprint density at radius 2 is 1.39 bits per heavy atom. The smallest absolute Gasteiger partial charge is 0.261 e. The van der Waals surface area contributed by atoms with Crippen LogP contribution < -0.4 is 4.72 Å². The van der Waals surface area contributed by atoms with E-state index in [0.717, 1.165) is 11.1 Å². The molecule has 0 atom stereocenters. The van der Waals surface area contributed by atoms with Gasteiger partial charge >= 0.3 is 0 Å². The van der Waals surface area contributed by atoms with E-state index in [2.05, 4.69) is 4.72 Å². The van der Waals surface area contributed by atoms with E-state index in [1.807, 2.05) is 26.0 Å². The first-order chi connectivity index (χ1) is 13.3. The minimum atomic E-state index is -3.72. The summed E-state index contributed by atoms with van der Waals surface area (Å²) >= 11 is 0. The van der Waals surface area contributed by atoms with Gasteiger partial charge in [-0.2, -0.15) is 0 Å². The summed E-state index contributed by atoms with van der Waals surface area (Å²) in [4.78, 5) is 12.5. The van der Waals surface area contributed by atoms with Gasteiger partial charge in [-0.05, 0) is 49.8 Å². The van der Waals surface area contributed by atoms with Gasteiger partial charge in [-0.1, -0.05) is 65.7 Å². The molecule has 5 heteroatoms. The number of anilines is 1. The first-order valence-electron chi connectivity index (χ1n) is 8.83. The van der Waals surface area contributed by atoms with E-state index in [4.69, 9.17) is 0 Å². The van der Waals surface area contributed by atoms with Gasteiger partial charge in [0, 0.05) is 5.56 Å². The second kappa shape index (κ2) is 8.23. The number of hydrogen-bond acceptors (Lipinski definition) is 3. The average Bonchev–Trinajstić information content (AvgIpc) is 2.68. The maximum Gasteiger partial charge on any atom is 0.261 e. The maximum absolute atomic E-state index is 12.7. The van der Waals surface area contributed by atoms with Crippen molar-refractivity contribution in [2.24, 2.45) is 0 Å². The topological polar surface area (TPSA) is 63.2 Å². The van der Waals surface area contributed by atoms with Gasteiger partial charge in [0.25, 0.3) is 10.0 Å². The molecule has 0 aliphatic rings. The van der Waals surface area contributed by atoms with Crippen LogP contribution in [-0.4, -0.2) is 14.2 Å². The van der Waals surface area contributed by atoms with E-state index in [1.54, 1.807) is 66.7 Å². The predicted octanol–water partition coefficient (Wildman–Crippen LogP) is 5.00. The number of carbonyl (C=O) groups excluding carboxylic acids is 1. The van der Waals surface area contributed by atoms with Crippen LogP contribution in [-0.2, 0) is 10.0 Å². The molecule has 0 heterocycles. The lowest BCUT2D eigenvalue weighted by molar-refractivity contribution is 0.104. The first-order valence-corrected chi connectivity index (χ1v) is 10.3. The number of ketones is 1. The lowest BCUT2D eigenvalue weighted by atomic mass is 10.1. The van der Waals surface area contributed by atoms with Gasteiger partial charge in [-0.25, -0.2) is 8.42 Å². The highest BCUT2D eigenvalue weighted by molar-refractivity contribution is 7.92. The molecule has 0 amide bonds. The molecule has 0 radical (unpaired) electrons. The zero-order chi connectivity index (χ0) is 20.1. The van der Waals surface area contributed by atoms with Gasteiger partial charge in [-0.3, -0.25) is 9.52 Å². The largest absolute Gasteiger partial charge is 0.289 e. The van der Waals surface area contributed by atoms with Crippen LogP contribution in [0.15, 0.2) is 83.8 Å². The van der Waals surface area contributed by atoms with E-state index in [1.165, 1.54) is 6.08 Å². The summed E-state index contributed by atoms with van der Waals surface area (Å²) in [6, 6.07) is 20.9. The highest BCUT2D eigenvalue weighted by Gasteiger charge is 2.15. The van der Waals surface area contributed by atoms with Gasteiger partial charge < -0.3 is 0 Å². The number of allylic oxidation sites excluding steroid dienone is 1. The van der Waals surface area contributed by atoms with Crippen LogP contribution in [0.25, 0.3) is 6.08 Å². The van der Waals surface area contributed by atoms with E-state index in [-0.39, 0.29) is 10.7 Å². The van der Waals surface area contributed by atoms with Crippen LogP contribution in [0.2, 0.25) is 0 Å². The molecule has 0 aliphatic heterocycles. The van der Waals surface area contributed by atoms with Crippen molar-refractivity contribution < 1.29 is 13.2 Å². The molecule has 0 aromatic heterocycles. The van der Waals surface area contributed by atoms with Crippen LogP contribution in [0.1, 0.15) is 27.0 Å². The summed E-state index contributed by atoms with van der Waals surface area (Å²) in [5, 5.41) is 0. The van der Waals surface area contributed by atoms with Crippen LogP contribution in [0.5, 0.6) is 0 Å². The van der Waals surface area contributed by atoms with Gasteiger partial charge in [0.2, 0.25) is 0 Å². The summed E-state index contributed by atoms with van der Waals surface area (Å²) in [5.74, 6) is -0.142. The minimum absolute atomic E-state index is 0.142. The Kier molecular flexibility index (Phi) is 5.76. The zero-order valence-corrected chi connectivity index (χ0v) is 16.5. The van der Waals surface area contributed by atoms with Crippen LogP contribution in [0.3, 0.4) is 0 Å². The number of rotatable bonds is 6. The molecule has 3 aromatic rings. The maximum atomic E-state index is 12.7. The molecule has 0 unspecified atom stereocenters. The second-order valence-corrected chi connectivity index (χ2v) is 8.25. The SMILES string of the molecule is Cc1ccc(C(=O)/C=C/c2ccccc2NS(=O)(=O)c2ccc(C)cc2)cc1. The molecule has 0 fully saturated rings. The van der Waals surface area contributed by atoms with E-state index < -0.39 is 10.0 Å². The van der Waals surface area contributed by atoms with E-state index in [0.29, 0.717) is 16.8 Å². The lowest BCUT2D eigenvalue weighted by Crippen LogP contribution is -2.13. The molecule has 4 nitrogen and oxygen atoms in total. The zero-order valence-electron chi connectivity index (χ0n) is 15.7. The third-order valence-corrected chi connectivity index (χ3v) is 5.67. The number of nitrogens with one attached hydrogen (secondary N) is 1. The van der Waals surface area contributed by atoms with Gasteiger partial charge in [0.1, 0.15) is 0 Å². The number of para-hydroxylation sites is 1. The van der Waals surface area contributed by atoms with Crippen molar-refractivity contribution >= 4 is 27.6 Å². The molecule has 3 aromatic carbocycles. The summed E-state index contributed by atoms with van der Waals surface area (Å²) in [7, 11) is -3.72. The summed E-state index contributed by atoms with van der Waals surface area (Å²) in [5.41, 5.74) is 3.67. The number of hydrogen-bond donors (Lipinski definition) is 1. The summed E-state index contributed by atoms with van der Waals surface area (Å²) in [6.45, 7) is 3.86. The fourth-order valence-electron chi connectivity index (χ4n) is 2.64. The normalized spacial score (nSPS) is 11.5. The fraction of sp³-hybridized carbons (Fsp3) is 0.0870. The van der Waals surface area contributed by atoms with Gasteiger partial charge in [0.05, 0.1) is 10.6 Å². The minimum Gasteiger partial charge on any atom is -0.289 e. The monoisotopic (exact) mass is 391 g/mol. The van der Waals surface area contributed by atoms with Crippen molar-refractivity contribution in [2.75, 3.05) is 4.72 Å². The Bertz CT molecular complexity index is 1110. The molecular weight excluding hydrogens is 370 g/mol.